The van der Waals surface area contributed by atoms with E-state index in [9.17, 15) is 18.3 Å². The van der Waals surface area contributed by atoms with Gasteiger partial charge in [0.1, 0.15) is 6.04 Å². The van der Waals surface area contributed by atoms with Crippen molar-refractivity contribution < 1.29 is 18.3 Å². The molecule has 0 aromatic carbocycles. The first kappa shape index (κ1) is 13.0. The Morgan fingerprint density at radius 1 is 1.67 bits per heavy atom. The van der Waals surface area contributed by atoms with Gasteiger partial charge in [0, 0.05) is 11.4 Å². The maximum absolute atomic E-state index is 11.9. The molecule has 2 rings (SSSR count). The summed E-state index contributed by atoms with van der Waals surface area (Å²) < 4.78 is 24.7. The Kier molecular flexibility index (Phi) is 3.38. The van der Waals surface area contributed by atoms with Crippen molar-refractivity contribution in [2.45, 2.75) is 12.5 Å². The molecule has 2 heterocycles. The van der Waals surface area contributed by atoms with Crippen LogP contribution >= 0.6 is 11.3 Å². The van der Waals surface area contributed by atoms with Crippen LogP contribution in [0.2, 0.25) is 0 Å². The summed E-state index contributed by atoms with van der Waals surface area (Å²) in [5, 5.41) is 19.5. The maximum atomic E-state index is 11.9. The van der Waals surface area contributed by atoms with E-state index in [0.717, 1.165) is 9.18 Å². The Balaban J connectivity index is 2.46. The van der Waals surface area contributed by atoms with Crippen LogP contribution < -0.4 is 0 Å². The van der Waals surface area contributed by atoms with Gasteiger partial charge in [0.15, 0.2) is 5.75 Å². The summed E-state index contributed by atoms with van der Waals surface area (Å²) in [6, 6.07) is 1.98. The van der Waals surface area contributed by atoms with Crippen molar-refractivity contribution in [3.63, 3.8) is 0 Å². The van der Waals surface area contributed by atoms with E-state index in [1.807, 2.05) is 0 Å². The Morgan fingerprint density at radius 2 is 2.39 bits per heavy atom. The van der Waals surface area contributed by atoms with Crippen molar-refractivity contribution in [2.24, 2.45) is 0 Å². The summed E-state index contributed by atoms with van der Waals surface area (Å²) in [5.74, 6) is -1.91. The molecule has 8 heteroatoms. The fourth-order valence-electron chi connectivity index (χ4n) is 2.01. The molecule has 0 saturated heterocycles. The van der Waals surface area contributed by atoms with Crippen LogP contribution in [-0.2, 0) is 21.2 Å². The highest BCUT2D eigenvalue weighted by atomic mass is 32.2. The van der Waals surface area contributed by atoms with Gasteiger partial charge in [-0.1, -0.05) is 0 Å². The van der Waals surface area contributed by atoms with E-state index in [1.165, 1.54) is 11.3 Å². The number of hydrogen-bond donors (Lipinski definition) is 1. The van der Waals surface area contributed by atoms with Crippen LogP contribution in [0.15, 0.2) is 11.4 Å². The highest BCUT2D eigenvalue weighted by Crippen LogP contribution is 2.35. The minimum Gasteiger partial charge on any atom is -0.480 e. The third-order valence-corrected chi connectivity index (χ3v) is 5.36. The third kappa shape index (κ3) is 2.12. The Morgan fingerprint density at radius 3 is 3.00 bits per heavy atom. The first-order valence-electron chi connectivity index (χ1n) is 5.13. The Bertz CT molecular complexity index is 614. The lowest BCUT2D eigenvalue weighted by Gasteiger charge is -2.31. The lowest BCUT2D eigenvalue weighted by Crippen LogP contribution is -2.43. The van der Waals surface area contributed by atoms with Crippen molar-refractivity contribution in [2.75, 3.05) is 12.3 Å². The molecule has 0 bridgehead atoms. The van der Waals surface area contributed by atoms with Crippen LogP contribution in [0.25, 0.3) is 0 Å². The van der Waals surface area contributed by atoms with E-state index < -0.39 is 27.8 Å². The summed E-state index contributed by atoms with van der Waals surface area (Å²) in [4.78, 5) is 12.2. The maximum Gasteiger partial charge on any atom is 0.326 e. The summed E-state index contributed by atoms with van der Waals surface area (Å²) in [7, 11) is -3.85. The Labute approximate surface area is 108 Å². The fraction of sp³-hybridized carbons (Fsp3) is 0.400. The number of thiophene rings is 1. The van der Waals surface area contributed by atoms with E-state index in [-0.39, 0.29) is 6.54 Å². The van der Waals surface area contributed by atoms with Crippen molar-refractivity contribution in [3.05, 3.63) is 21.9 Å². The zero-order valence-corrected chi connectivity index (χ0v) is 10.9. The number of carboxylic acids is 1. The number of hydrogen-bond acceptors (Lipinski definition) is 5. The number of aliphatic carboxylic acids is 1. The molecule has 0 aliphatic carbocycles. The molecule has 1 N–H and O–H groups in total. The van der Waals surface area contributed by atoms with E-state index in [2.05, 4.69) is 0 Å². The summed E-state index contributed by atoms with van der Waals surface area (Å²) in [6.45, 7) is 0.106. The molecule has 18 heavy (non-hydrogen) atoms. The average Bonchev–Trinajstić information content (AvgIpc) is 2.74. The molecular formula is C10H10N2O4S2. The summed E-state index contributed by atoms with van der Waals surface area (Å²) in [6.07, 6.45) is 0.488. The molecule has 0 amide bonds. The predicted octanol–water partition coefficient (Wildman–Crippen LogP) is 0.585. The van der Waals surface area contributed by atoms with E-state index in [4.69, 9.17) is 5.26 Å². The van der Waals surface area contributed by atoms with Gasteiger partial charge in [-0.2, -0.15) is 9.57 Å². The first-order chi connectivity index (χ1) is 8.47. The lowest BCUT2D eigenvalue weighted by atomic mass is 10.0. The van der Waals surface area contributed by atoms with Gasteiger partial charge in [0.2, 0.25) is 10.0 Å². The minimum atomic E-state index is -3.85. The molecule has 0 fully saturated rings. The number of nitriles is 1. The topological polar surface area (TPSA) is 98.5 Å². The van der Waals surface area contributed by atoms with Gasteiger partial charge >= 0.3 is 5.97 Å². The molecule has 96 valence electrons. The number of sulfonamides is 1. The lowest BCUT2D eigenvalue weighted by molar-refractivity contribution is -0.142. The van der Waals surface area contributed by atoms with Gasteiger partial charge in [0.25, 0.3) is 0 Å². The molecule has 1 aliphatic rings. The minimum absolute atomic E-state index is 0.106. The van der Waals surface area contributed by atoms with Gasteiger partial charge in [0.05, 0.1) is 6.07 Å². The van der Waals surface area contributed by atoms with Gasteiger partial charge in [-0.25, -0.2) is 8.42 Å². The molecule has 1 unspecified atom stereocenters. The standard InChI is InChI=1S/C10H10N2O4S2/c11-3-6-18(15,16)12-4-1-8-7(2-5-17-8)9(12)10(13)14/h2,5,9H,1,4,6H2,(H,13,14). The van der Waals surface area contributed by atoms with Crippen LogP contribution in [0, 0.1) is 11.3 Å². The number of nitrogens with zero attached hydrogens (tertiary/aromatic N) is 2. The molecular weight excluding hydrogens is 276 g/mol. The average molecular weight is 286 g/mol. The monoisotopic (exact) mass is 286 g/mol. The number of fused-ring (bicyclic) bond motifs is 1. The third-order valence-electron chi connectivity index (χ3n) is 2.76. The fourth-order valence-corrected chi connectivity index (χ4v) is 4.14. The van der Waals surface area contributed by atoms with Crippen LogP contribution in [0.3, 0.4) is 0 Å². The zero-order valence-electron chi connectivity index (χ0n) is 9.24. The molecule has 0 spiro atoms. The van der Waals surface area contributed by atoms with E-state index >= 15 is 0 Å². The smallest absolute Gasteiger partial charge is 0.326 e. The summed E-state index contributed by atoms with van der Waals surface area (Å²) >= 11 is 1.42. The Hall–Kier alpha value is -1.43. The second-order valence-electron chi connectivity index (χ2n) is 3.81. The molecule has 0 saturated carbocycles. The second kappa shape index (κ2) is 4.68. The normalized spacial score (nSPS) is 20.1. The van der Waals surface area contributed by atoms with Gasteiger partial charge in [-0.05, 0) is 23.4 Å². The molecule has 0 radical (unpaired) electrons. The van der Waals surface area contributed by atoms with Crippen molar-refractivity contribution in [1.82, 2.24) is 4.31 Å². The highest BCUT2D eigenvalue weighted by Gasteiger charge is 2.40. The molecule has 1 atom stereocenters. The van der Waals surface area contributed by atoms with Gasteiger partial charge in [-0.3, -0.25) is 4.79 Å². The molecule has 1 aliphatic heterocycles. The van der Waals surface area contributed by atoms with Crippen molar-refractivity contribution in [1.29, 1.82) is 5.26 Å². The van der Waals surface area contributed by atoms with Crippen LogP contribution in [0.1, 0.15) is 16.5 Å². The molecule has 1 aromatic heterocycles. The quantitative estimate of drug-likeness (QED) is 0.876. The predicted molar refractivity (Wildman–Crippen MR) is 64.5 cm³/mol. The van der Waals surface area contributed by atoms with Crippen LogP contribution in [-0.4, -0.2) is 36.1 Å². The summed E-state index contributed by atoms with van der Waals surface area (Å²) in [5.41, 5.74) is 0.514. The van der Waals surface area contributed by atoms with E-state index in [0.29, 0.717) is 12.0 Å². The SMILES string of the molecule is N#CCS(=O)(=O)N1CCc2sccc2C1C(=O)O. The largest absolute Gasteiger partial charge is 0.480 e. The first-order valence-corrected chi connectivity index (χ1v) is 7.62. The van der Waals surface area contributed by atoms with Crippen LogP contribution in [0.4, 0.5) is 0 Å². The van der Waals surface area contributed by atoms with E-state index in [1.54, 1.807) is 17.5 Å². The van der Waals surface area contributed by atoms with Crippen molar-refractivity contribution in [3.8, 4) is 6.07 Å². The van der Waals surface area contributed by atoms with Crippen molar-refractivity contribution >= 4 is 27.3 Å². The molecule has 6 nitrogen and oxygen atoms in total. The number of rotatable bonds is 3. The second-order valence-corrected chi connectivity index (χ2v) is 6.74. The van der Waals surface area contributed by atoms with Gasteiger partial charge < -0.3 is 5.11 Å². The van der Waals surface area contributed by atoms with Crippen LogP contribution in [0.5, 0.6) is 0 Å². The molecule has 1 aromatic rings. The van der Waals surface area contributed by atoms with Gasteiger partial charge in [-0.15, -0.1) is 11.3 Å². The number of carboxylic acid groups (broad SMARTS) is 1. The zero-order chi connectivity index (χ0) is 13.3. The number of carbonyl (C=O) groups is 1. The highest BCUT2D eigenvalue weighted by molar-refractivity contribution is 7.89.